The first-order valence-electron chi connectivity index (χ1n) is 8.26. The number of aromatic nitrogens is 3. The van der Waals surface area contributed by atoms with E-state index in [1.807, 2.05) is 43.5 Å². The molecule has 7 heteroatoms. The minimum absolute atomic E-state index is 0.00136. The second kappa shape index (κ2) is 8.64. The van der Waals surface area contributed by atoms with E-state index in [4.69, 9.17) is 0 Å². The summed E-state index contributed by atoms with van der Waals surface area (Å²) in [5.74, 6) is 1.14. The normalized spacial score (nSPS) is 11.8. The van der Waals surface area contributed by atoms with Crippen molar-refractivity contribution >= 4 is 29.2 Å². The second-order valence-corrected chi connectivity index (χ2v) is 6.66. The first-order valence-corrected chi connectivity index (χ1v) is 9.48. The molecule has 0 saturated heterocycles. The number of hydrogen-bond acceptors (Lipinski definition) is 7. The molecule has 0 radical (unpaired) electrons. The Morgan fingerprint density at radius 2 is 1.92 bits per heavy atom. The van der Waals surface area contributed by atoms with E-state index in [0.29, 0.717) is 11.8 Å². The van der Waals surface area contributed by atoms with Crippen LogP contribution in [0.15, 0.2) is 59.8 Å². The molecule has 2 heterocycles. The third-order valence-electron chi connectivity index (χ3n) is 3.69. The highest BCUT2D eigenvalue weighted by Gasteiger charge is 2.09. The molecule has 2 aromatic heterocycles. The molecule has 3 rings (SSSR count). The monoisotopic (exact) mass is 367 g/mol. The Balaban J connectivity index is 1.96. The van der Waals surface area contributed by atoms with Gasteiger partial charge in [-0.2, -0.15) is 4.98 Å². The van der Waals surface area contributed by atoms with Gasteiger partial charge >= 0.3 is 0 Å². The molecule has 1 aromatic carbocycles. The number of hydrogen-bond donors (Lipinski definition) is 3. The van der Waals surface area contributed by atoms with Crippen molar-refractivity contribution < 1.29 is 5.11 Å². The zero-order chi connectivity index (χ0) is 18.4. The van der Waals surface area contributed by atoms with Gasteiger partial charge in [-0.3, -0.25) is 4.98 Å². The zero-order valence-corrected chi connectivity index (χ0v) is 15.5. The molecule has 3 N–H and O–H groups in total. The van der Waals surface area contributed by atoms with Gasteiger partial charge in [-0.05, 0) is 43.5 Å². The Bertz CT molecular complexity index is 860. The lowest BCUT2D eigenvalue weighted by Crippen LogP contribution is -2.21. The molecule has 0 aliphatic rings. The van der Waals surface area contributed by atoms with E-state index in [0.717, 1.165) is 16.9 Å². The van der Waals surface area contributed by atoms with Crippen LogP contribution in [0.5, 0.6) is 0 Å². The maximum absolute atomic E-state index is 9.30. The minimum atomic E-state index is -0.143. The maximum atomic E-state index is 9.30. The van der Waals surface area contributed by atoms with Crippen LogP contribution in [0.3, 0.4) is 0 Å². The smallest absolute Gasteiger partial charge is 0.225 e. The molecule has 3 aromatic rings. The molecule has 0 amide bonds. The van der Waals surface area contributed by atoms with Crippen LogP contribution in [-0.4, -0.2) is 39.0 Å². The summed E-state index contributed by atoms with van der Waals surface area (Å²) in [6.07, 6.45) is 5.51. The molecule has 134 valence electrons. The van der Waals surface area contributed by atoms with Crippen molar-refractivity contribution in [1.29, 1.82) is 0 Å². The molecule has 0 bridgehead atoms. The van der Waals surface area contributed by atoms with E-state index in [1.54, 1.807) is 24.2 Å². The minimum Gasteiger partial charge on any atom is -0.394 e. The molecule has 6 nitrogen and oxygen atoms in total. The van der Waals surface area contributed by atoms with Crippen LogP contribution in [0.4, 0.5) is 17.5 Å². The summed E-state index contributed by atoms with van der Waals surface area (Å²) >= 11 is 1.69. The molecular weight excluding hydrogens is 346 g/mol. The van der Waals surface area contributed by atoms with Crippen LogP contribution in [0, 0.1) is 0 Å². The fraction of sp³-hybridized carbons (Fsp3) is 0.211. The lowest BCUT2D eigenvalue weighted by Gasteiger charge is -2.14. The van der Waals surface area contributed by atoms with E-state index >= 15 is 0 Å². The predicted octanol–water partition coefficient (Wildman–Crippen LogP) is 3.80. The van der Waals surface area contributed by atoms with Crippen molar-refractivity contribution in [3.05, 3.63) is 54.9 Å². The summed E-state index contributed by atoms with van der Waals surface area (Å²) in [4.78, 5) is 14.3. The van der Waals surface area contributed by atoms with Gasteiger partial charge in [0.25, 0.3) is 0 Å². The summed E-state index contributed by atoms with van der Waals surface area (Å²) in [6.45, 7) is 1.87. The van der Waals surface area contributed by atoms with Gasteiger partial charge in [-0.15, -0.1) is 11.8 Å². The van der Waals surface area contributed by atoms with Crippen LogP contribution in [0.25, 0.3) is 11.3 Å². The number of pyridine rings is 1. The van der Waals surface area contributed by atoms with Gasteiger partial charge in [-0.25, -0.2) is 4.98 Å². The van der Waals surface area contributed by atoms with Gasteiger partial charge in [0, 0.05) is 40.6 Å². The summed E-state index contributed by atoms with van der Waals surface area (Å²) in [6, 6.07) is 13.7. The third kappa shape index (κ3) is 4.71. The standard InChI is InChI=1S/C19H21N5OS/c1-13(12-25)21-19-23-17(14-6-8-20-9-7-14)11-18(24-19)22-15-4-3-5-16(10-15)26-2/h3-11,13,25H,12H2,1-2H3,(H2,21,22,23,24)/t13-/m1/s1. The number of benzene rings is 1. The van der Waals surface area contributed by atoms with Gasteiger partial charge in [0.1, 0.15) is 5.82 Å². The van der Waals surface area contributed by atoms with Gasteiger partial charge in [0.05, 0.1) is 12.3 Å². The van der Waals surface area contributed by atoms with Crippen LogP contribution >= 0.6 is 11.8 Å². The first kappa shape index (κ1) is 18.2. The maximum Gasteiger partial charge on any atom is 0.225 e. The largest absolute Gasteiger partial charge is 0.394 e. The van der Waals surface area contributed by atoms with Crippen molar-refractivity contribution in [2.24, 2.45) is 0 Å². The number of anilines is 3. The lowest BCUT2D eigenvalue weighted by molar-refractivity contribution is 0.281. The fourth-order valence-corrected chi connectivity index (χ4v) is 2.82. The SMILES string of the molecule is CSc1cccc(Nc2cc(-c3ccncc3)nc(N[C@H](C)CO)n2)c1. The van der Waals surface area contributed by atoms with Crippen molar-refractivity contribution in [3.63, 3.8) is 0 Å². The zero-order valence-electron chi connectivity index (χ0n) is 14.7. The molecular formula is C19H21N5OS. The molecule has 0 spiro atoms. The number of nitrogens with zero attached hydrogens (tertiary/aromatic N) is 3. The highest BCUT2D eigenvalue weighted by atomic mass is 32.2. The van der Waals surface area contributed by atoms with Crippen LogP contribution < -0.4 is 10.6 Å². The summed E-state index contributed by atoms with van der Waals surface area (Å²) in [5.41, 5.74) is 2.68. The van der Waals surface area contributed by atoms with Crippen LogP contribution in [0.2, 0.25) is 0 Å². The Morgan fingerprint density at radius 3 is 2.65 bits per heavy atom. The van der Waals surface area contributed by atoms with Crippen LogP contribution in [0.1, 0.15) is 6.92 Å². The van der Waals surface area contributed by atoms with Gasteiger partial charge < -0.3 is 15.7 Å². The van der Waals surface area contributed by atoms with Crippen LogP contribution in [-0.2, 0) is 0 Å². The molecule has 0 fully saturated rings. The quantitative estimate of drug-likeness (QED) is 0.548. The molecule has 0 saturated carbocycles. The average molecular weight is 367 g/mol. The number of aliphatic hydroxyl groups is 1. The van der Waals surface area contributed by atoms with E-state index in [2.05, 4.69) is 37.7 Å². The molecule has 0 unspecified atom stereocenters. The van der Waals surface area contributed by atoms with E-state index in [9.17, 15) is 5.11 Å². The molecule has 0 aliphatic heterocycles. The second-order valence-electron chi connectivity index (χ2n) is 5.78. The summed E-state index contributed by atoms with van der Waals surface area (Å²) in [5, 5.41) is 15.8. The fourth-order valence-electron chi connectivity index (χ4n) is 2.36. The Labute approximate surface area is 157 Å². The van der Waals surface area contributed by atoms with Gasteiger partial charge in [0.15, 0.2) is 0 Å². The molecule has 26 heavy (non-hydrogen) atoms. The van der Waals surface area contributed by atoms with E-state index in [1.165, 1.54) is 4.90 Å². The molecule has 0 aliphatic carbocycles. The van der Waals surface area contributed by atoms with Crippen molar-refractivity contribution in [2.45, 2.75) is 17.9 Å². The molecule has 1 atom stereocenters. The Hall–Kier alpha value is -2.64. The van der Waals surface area contributed by atoms with Crippen molar-refractivity contribution in [2.75, 3.05) is 23.5 Å². The third-order valence-corrected chi connectivity index (χ3v) is 4.42. The van der Waals surface area contributed by atoms with E-state index in [-0.39, 0.29) is 12.6 Å². The Kier molecular flexibility index (Phi) is 6.04. The van der Waals surface area contributed by atoms with Gasteiger partial charge in [-0.1, -0.05) is 6.07 Å². The highest BCUT2D eigenvalue weighted by molar-refractivity contribution is 7.98. The predicted molar refractivity (Wildman–Crippen MR) is 107 cm³/mol. The number of thioether (sulfide) groups is 1. The topological polar surface area (TPSA) is 83.0 Å². The van der Waals surface area contributed by atoms with Crippen molar-refractivity contribution in [3.8, 4) is 11.3 Å². The van der Waals surface area contributed by atoms with Gasteiger partial charge in [0.2, 0.25) is 5.95 Å². The lowest BCUT2D eigenvalue weighted by atomic mass is 10.2. The summed E-state index contributed by atoms with van der Waals surface area (Å²) in [7, 11) is 0. The summed E-state index contributed by atoms with van der Waals surface area (Å²) < 4.78 is 0. The highest BCUT2D eigenvalue weighted by Crippen LogP contribution is 2.25. The number of aliphatic hydroxyl groups excluding tert-OH is 1. The average Bonchev–Trinajstić information content (AvgIpc) is 2.68. The van der Waals surface area contributed by atoms with E-state index < -0.39 is 0 Å². The number of rotatable bonds is 7. The van der Waals surface area contributed by atoms with Crippen molar-refractivity contribution in [1.82, 2.24) is 15.0 Å². The Morgan fingerprint density at radius 1 is 1.12 bits per heavy atom. The first-order chi connectivity index (χ1) is 12.7. The number of nitrogens with one attached hydrogen (secondary N) is 2.